The molecule has 0 radical (unpaired) electrons. The number of nitrogens with one attached hydrogen (secondary N) is 1. The lowest BCUT2D eigenvalue weighted by Gasteiger charge is -2.15. The first-order valence-corrected chi connectivity index (χ1v) is 9.79. The molecule has 0 aliphatic carbocycles. The Hall–Kier alpha value is -3.93. The van der Waals surface area contributed by atoms with Crippen LogP contribution in [0.1, 0.15) is 16.7 Å². The molecule has 0 unspecified atom stereocenters. The van der Waals surface area contributed by atoms with Crippen molar-refractivity contribution in [2.24, 2.45) is 0 Å². The normalized spacial score (nSPS) is 13.7. The number of rotatable bonds is 6. The summed E-state index contributed by atoms with van der Waals surface area (Å²) in [4.78, 5) is 27.8. The number of hydrogen-bond acceptors (Lipinski definition) is 4. The summed E-state index contributed by atoms with van der Waals surface area (Å²) in [5.74, 6) is -0.560. The van der Waals surface area contributed by atoms with Gasteiger partial charge in [0.05, 0.1) is 19.2 Å². The number of carbonyl (C=O) groups excluding carboxylic acids is 2. The fraction of sp³-hybridized carbons (Fsp3) is 0.120. The Morgan fingerprint density at radius 2 is 1.65 bits per heavy atom. The highest BCUT2D eigenvalue weighted by molar-refractivity contribution is 6.36. The van der Waals surface area contributed by atoms with Crippen molar-refractivity contribution in [1.29, 1.82) is 0 Å². The first kappa shape index (κ1) is 20.3. The Balaban J connectivity index is 1.73. The van der Waals surface area contributed by atoms with Gasteiger partial charge in [-0.3, -0.25) is 14.5 Å². The van der Waals surface area contributed by atoms with E-state index in [2.05, 4.69) is 5.32 Å². The molecule has 0 bridgehead atoms. The number of amides is 2. The van der Waals surface area contributed by atoms with E-state index in [4.69, 9.17) is 4.74 Å². The SMILES string of the molecule is COc1ccc(C2=C(Nc3cccc(C)c3)C(=O)N(Cc3ccc(F)cc3)C2=O)cc1. The number of aryl methyl sites for hydroxylation is 1. The van der Waals surface area contributed by atoms with Crippen LogP contribution in [0.5, 0.6) is 5.75 Å². The summed E-state index contributed by atoms with van der Waals surface area (Å²) in [6.45, 7) is 2.00. The third-order valence-electron chi connectivity index (χ3n) is 5.09. The minimum absolute atomic E-state index is 0.0522. The van der Waals surface area contributed by atoms with Gasteiger partial charge >= 0.3 is 0 Å². The zero-order chi connectivity index (χ0) is 22.0. The van der Waals surface area contributed by atoms with Crippen LogP contribution in [-0.2, 0) is 16.1 Å². The number of carbonyl (C=O) groups is 2. The monoisotopic (exact) mass is 416 g/mol. The van der Waals surface area contributed by atoms with Crippen LogP contribution in [0.25, 0.3) is 5.57 Å². The van der Waals surface area contributed by atoms with Crippen LogP contribution in [0.4, 0.5) is 10.1 Å². The number of halogens is 1. The number of ether oxygens (including phenoxy) is 1. The van der Waals surface area contributed by atoms with Gasteiger partial charge in [-0.05, 0) is 60.0 Å². The molecular formula is C25H21FN2O3. The van der Waals surface area contributed by atoms with Crippen LogP contribution in [0, 0.1) is 12.7 Å². The molecular weight excluding hydrogens is 395 g/mol. The van der Waals surface area contributed by atoms with Crippen molar-refractivity contribution >= 4 is 23.1 Å². The topological polar surface area (TPSA) is 58.6 Å². The minimum Gasteiger partial charge on any atom is -0.497 e. The van der Waals surface area contributed by atoms with E-state index >= 15 is 0 Å². The second kappa shape index (κ2) is 8.44. The molecule has 3 aromatic carbocycles. The van der Waals surface area contributed by atoms with Gasteiger partial charge in [0.2, 0.25) is 0 Å². The van der Waals surface area contributed by atoms with E-state index in [9.17, 15) is 14.0 Å². The van der Waals surface area contributed by atoms with Crippen LogP contribution in [0.3, 0.4) is 0 Å². The summed E-state index contributed by atoms with van der Waals surface area (Å²) >= 11 is 0. The molecule has 1 N–H and O–H groups in total. The maximum absolute atomic E-state index is 13.3. The maximum atomic E-state index is 13.3. The molecule has 1 aliphatic rings. The minimum atomic E-state index is -0.429. The van der Waals surface area contributed by atoms with E-state index in [-0.39, 0.29) is 23.6 Å². The molecule has 0 saturated heterocycles. The average Bonchev–Trinajstić information content (AvgIpc) is 2.99. The largest absolute Gasteiger partial charge is 0.497 e. The zero-order valence-electron chi connectivity index (χ0n) is 17.2. The van der Waals surface area contributed by atoms with E-state index < -0.39 is 11.8 Å². The average molecular weight is 416 g/mol. The summed E-state index contributed by atoms with van der Waals surface area (Å²) < 4.78 is 18.5. The quantitative estimate of drug-likeness (QED) is 0.600. The smallest absolute Gasteiger partial charge is 0.278 e. The van der Waals surface area contributed by atoms with Gasteiger partial charge in [-0.25, -0.2) is 4.39 Å². The second-order valence-electron chi connectivity index (χ2n) is 7.30. The van der Waals surface area contributed by atoms with Crippen LogP contribution < -0.4 is 10.1 Å². The van der Waals surface area contributed by atoms with Crippen LogP contribution >= 0.6 is 0 Å². The van der Waals surface area contributed by atoms with Gasteiger partial charge in [0, 0.05) is 5.69 Å². The summed E-state index contributed by atoms with van der Waals surface area (Å²) in [5, 5.41) is 3.14. The summed E-state index contributed by atoms with van der Waals surface area (Å²) in [6.07, 6.45) is 0. The standard InChI is InChI=1S/C25H21FN2O3/c1-16-4-3-5-20(14-16)27-23-22(18-8-12-21(31-2)13-9-18)24(29)28(25(23)30)15-17-6-10-19(26)11-7-17/h3-14,27H,15H2,1-2H3. The van der Waals surface area contributed by atoms with Gasteiger partial charge < -0.3 is 10.1 Å². The van der Waals surface area contributed by atoms with Crippen molar-refractivity contribution in [3.05, 3.63) is 101 Å². The van der Waals surface area contributed by atoms with E-state index in [1.54, 1.807) is 43.5 Å². The number of imide groups is 1. The van der Waals surface area contributed by atoms with Crippen molar-refractivity contribution in [2.45, 2.75) is 13.5 Å². The molecule has 0 fully saturated rings. The van der Waals surface area contributed by atoms with Gasteiger partial charge in [-0.1, -0.05) is 36.4 Å². The lowest BCUT2D eigenvalue weighted by molar-refractivity contribution is -0.137. The summed E-state index contributed by atoms with van der Waals surface area (Å²) in [7, 11) is 1.56. The van der Waals surface area contributed by atoms with Crippen molar-refractivity contribution in [3.63, 3.8) is 0 Å². The van der Waals surface area contributed by atoms with Crippen LogP contribution in [0.2, 0.25) is 0 Å². The van der Waals surface area contributed by atoms with E-state index in [1.165, 1.54) is 17.0 Å². The van der Waals surface area contributed by atoms with Crippen molar-refractivity contribution in [1.82, 2.24) is 4.90 Å². The highest BCUT2D eigenvalue weighted by atomic mass is 19.1. The number of anilines is 1. The van der Waals surface area contributed by atoms with Crippen molar-refractivity contribution in [3.8, 4) is 5.75 Å². The fourth-order valence-electron chi connectivity index (χ4n) is 3.50. The molecule has 5 nitrogen and oxygen atoms in total. The molecule has 3 aromatic rings. The predicted molar refractivity (Wildman–Crippen MR) is 117 cm³/mol. The predicted octanol–water partition coefficient (Wildman–Crippen LogP) is 4.53. The Labute approximate surface area is 179 Å². The Morgan fingerprint density at radius 1 is 0.935 bits per heavy atom. The number of methoxy groups -OCH3 is 1. The van der Waals surface area contributed by atoms with Crippen LogP contribution in [0.15, 0.2) is 78.5 Å². The lowest BCUT2D eigenvalue weighted by Crippen LogP contribution is -2.32. The summed E-state index contributed by atoms with van der Waals surface area (Å²) in [5.41, 5.74) is 3.51. The fourth-order valence-corrected chi connectivity index (χ4v) is 3.50. The van der Waals surface area contributed by atoms with Crippen molar-refractivity contribution in [2.75, 3.05) is 12.4 Å². The molecule has 31 heavy (non-hydrogen) atoms. The van der Waals surface area contributed by atoms with E-state index in [1.807, 2.05) is 31.2 Å². The molecule has 0 saturated carbocycles. The van der Waals surface area contributed by atoms with Gasteiger partial charge in [0.15, 0.2) is 0 Å². The first-order chi connectivity index (χ1) is 15.0. The summed E-state index contributed by atoms with van der Waals surface area (Å²) in [6, 6.07) is 20.3. The lowest BCUT2D eigenvalue weighted by atomic mass is 10.0. The van der Waals surface area contributed by atoms with Crippen molar-refractivity contribution < 1.29 is 18.7 Å². The molecule has 2 amide bonds. The Morgan fingerprint density at radius 3 is 2.29 bits per heavy atom. The van der Waals surface area contributed by atoms with Gasteiger partial charge in [-0.2, -0.15) is 0 Å². The highest BCUT2D eigenvalue weighted by Crippen LogP contribution is 2.32. The maximum Gasteiger partial charge on any atom is 0.278 e. The first-order valence-electron chi connectivity index (χ1n) is 9.79. The van der Waals surface area contributed by atoms with Gasteiger partial charge in [0.25, 0.3) is 11.8 Å². The Bertz CT molecular complexity index is 1170. The molecule has 1 aliphatic heterocycles. The zero-order valence-corrected chi connectivity index (χ0v) is 17.2. The van der Waals surface area contributed by atoms with E-state index in [0.29, 0.717) is 22.6 Å². The molecule has 6 heteroatoms. The molecule has 0 spiro atoms. The molecule has 4 rings (SSSR count). The van der Waals surface area contributed by atoms with Gasteiger partial charge in [-0.15, -0.1) is 0 Å². The molecule has 0 atom stereocenters. The Kier molecular flexibility index (Phi) is 5.54. The molecule has 0 aromatic heterocycles. The second-order valence-corrected chi connectivity index (χ2v) is 7.30. The van der Waals surface area contributed by atoms with Crippen LogP contribution in [-0.4, -0.2) is 23.8 Å². The van der Waals surface area contributed by atoms with Gasteiger partial charge in [0.1, 0.15) is 17.3 Å². The number of nitrogens with zero attached hydrogens (tertiary/aromatic N) is 1. The molecule has 1 heterocycles. The number of hydrogen-bond donors (Lipinski definition) is 1. The highest BCUT2D eigenvalue weighted by Gasteiger charge is 2.39. The third-order valence-corrected chi connectivity index (χ3v) is 5.09. The number of benzene rings is 3. The molecule has 156 valence electrons. The van der Waals surface area contributed by atoms with E-state index in [0.717, 1.165) is 5.56 Å². The third kappa shape index (κ3) is 4.19.